The van der Waals surface area contributed by atoms with E-state index >= 15 is 0 Å². The van der Waals surface area contributed by atoms with Crippen LogP contribution in [0.2, 0.25) is 0 Å². The molecule has 0 saturated heterocycles. The van der Waals surface area contributed by atoms with Crippen molar-refractivity contribution < 1.29 is 24.5 Å². The van der Waals surface area contributed by atoms with Crippen molar-refractivity contribution >= 4 is 11.9 Å². The normalized spacial score (nSPS) is 12.7. The van der Waals surface area contributed by atoms with Gasteiger partial charge in [-0.05, 0) is 64.2 Å². The summed E-state index contributed by atoms with van der Waals surface area (Å²) < 4.78 is 5.50. The van der Waals surface area contributed by atoms with Gasteiger partial charge in [-0.2, -0.15) is 0 Å². The maximum atomic E-state index is 12.5. The first-order valence-electron chi connectivity index (χ1n) is 34.8. The molecule has 0 aromatic heterocycles. The van der Waals surface area contributed by atoms with E-state index in [0.717, 1.165) is 44.9 Å². The highest BCUT2D eigenvalue weighted by Gasteiger charge is 2.18. The third kappa shape index (κ3) is 63.1. The van der Waals surface area contributed by atoms with Crippen LogP contribution >= 0.6 is 0 Å². The van der Waals surface area contributed by atoms with Crippen LogP contribution in [0.25, 0.3) is 0 Å². The topological polar surface area (TPSA) is 95.9 Å². The molecule has 0 aliphatic rings. The Kier molecular flexibility index (Phi) is 64.9. The maximum Gasteiger partial charge on any atom is 0.305 e. The van der Waals surface area contributed by atoms with Gasteiger partial charge in [0.25, 0.3) is 0 Å². The zero-order valence-electron chi connectivity index (χ0n) is 52.0. The van der Waals surface area contributed by atoms with Gasteiger partial charge < -0.3 is 20.3 Å². The molecule has 6 heteroatoms. The second-order valence-corrected chi connectivity index (χ2v) is 23.9. The predicted octanol–water partition coefficient (Wildman–Crippen LogP) is 22.3. The molecule has 0 aliphatic heterocycles. The quantitative estimate of drug-likeness (QED) is 0.0320. The smallest absolute Gasteiger partial charge is 0.305 e. The van der Waals surface area contributed by atoms with Gasteiger partial charge >= 0.3 is 5.97 Å². The third-order valence-electron chi connectivity index (χ3n) is 16.2. The van der Waals surface area contributed by atoms with E-state index in [1.807, 2.05) is 6.08 Å². The van der Waals surface area contributed by atoms with Crippen molar-refractivity contribution in [1.29, 1.82) is 0 Å². The average Bonchev–Trinajstić information content (AvgIpc) is 3.43. The van der Waals surface area contributed by atoms with Crippen LogP contribution in [0.5, 0.6) is 0 Å². The van der Waals surface area contributed by atoms with E-state index in [2.05, 4.69) is 43.5 Å². The van der Waals surface area contributed by atoms with Gasteiger partial charge in [0.05, 0.1) is 25.4 Å². The fourth-order valence-electron chi connectivity index (χ4n) is 10.8. The van der Waals surface area contributed by atoms with Crippen molar-refractivity contribution in [2.24, 2.45) is 0 Å². The summed E-state index contributed by atoms with van der Waals surface area (Å²) in [4.78, 5) is 24.6. The van der Waals surface area contributed by atoms with Gasteiger partial charge in [-0.3, -0.25) is 9.59 Å². The Labute approximate surface area is 481 Å². The molecule has 0 spiro atoms. The van der Waals surface area contributed by atoms with Crippen LogP contribution < -0.4 is 5.32 Å². The molecule has 2 atom stereocenters. The highest BCUT2D eigenvalue weighted by atomic mass is 16.5. The number of nitrogens with one attached hydrogen (secondary N) is 1. The number of aliphatic hydroxyl groups is 2. The number of amides is 1. The van der Waals surface area contributed by atoms with Crippen LogP contribution in [0, 0.1) is 0 Å². The first-order valence-corrected chi connectivity index (χ1v) is 34.8. The van der Waals surface area contributed by atoms with E-state index in [1.54, 1.807) is 6.08 Å². The van der Waals surface area contributed by atoms with Gasteiger partial charge in [0.15, 0.2) is 0 Å². The number of rotatable bonds is 65. The summed E-state index contributed by atoms with van der Waals surface area (Å²) in [7, 11) is 0. The fourth-order valence-corrected chi connectivity index (χ4v) is 10.8. The molecule has 0 aromatic rings. The number of esters is 1. The zero-order valence-corrected chi connectivity index (χ0v) is 52.0. The van der Waals surface area contributed by atoms with Gasteiger partial charge in [0.1, 0.15) is 0 Å². The Hall–Kier alpha value is -1.92. The van der Waals surface area contributed by atoms with E-state index < -0.39 is 12.1 Å². The number of aliphatic hydroxyl groups excluding tert-OH is 2. The second-order valence-electron chi connectivity index (χ2n) is 23.9. The molecule has 0 saturated carbocycles. The number of ether oxygens (including phenoxy) is 1. The SMILES string of the molecule is CCCCCCCCCCCCCCCCC/C=C/C(O)C(CO)NC(=O)CCCCCCCCCCC/C=C\C/C=C\CCCCCCCCCCCOC(=O)CCCCCCCCCCCCCCCCCCCC. The summed E-state index contributed by atoms with van der Waals surface area (Å²) in [5.41, 5.74) is 0. The van der Waals surface area contributed by atoms with E-state index in [1.165, 1.54) is 308 Å². The second kappa shape index (κ2) is 66.6. The van der Waals surface area contributed by atoms with Crippen molar-refractivity contribution in [2.75, 3.05) is 13.2 Å². The van der Waals surface area contributed by atoms with Crippen LogP contribution in [0.15, 0.2) is 36.5 Å². The first-order chi connectivity index (χ1) is 38.0. The first kappa shape index (κ1) is 75.1. The summed E-state index contributed by atoms with van der Waals surface area (Å²) in [5.74, 6) is -0.0584. The molecule has 0 bridgehead atoms. The minimum absolute atomic E-state index is 0.0134. The standard InChI is InChI=1S/C71H135NO5/c1-3-5-7-9-11-13-15-17-19-21-33-37-41-45-49-53-57-61-65-71(76)77-66-62-58-54-50-46-42-38-34-30-28-26-24-22-23-25-27-29-32-36-40-44-48-52-56-60-64-70(75)72-68(67-73)69(74)63-59-55-51-47-43-39-35-31-20-18-16-14-12-10-8-6-4-2/h23-26,59,63,68-69,73-74H,3-22,27-58,60-62,64-67H2,1-2H3,(H,72,75)/b25-23-,26-24-,63-59+. The highest BCUT2D eigenvalue weighted by Crippen LogP contribution is 2.18. The van der Waals surface area contributed by atoms with Crippen molar-refractivity contribution in [3.63, 3.8) is 0 Å². The summed E-state index contributed by atoms with van der Waals surface area (Å²) in [5, 5.41) is 23.2. The molecule has 0 rings (SSSR count). The average molecular weight is 1080 g/mol. The zero-order chi connectivity index (χ0) is 55.7. The van der Waals surface area contributed by atoms with Gasteiger partial charge in [0, 0.05) is 12.8 Å². The Morgan fingerprint density at radius 1 is 0.364 bits per heavy atom. The minimum Gasteiger partial charge on any atom is -0.466 e. The fraction of sp³-hybridized carbons (Fsp3) is 0.887. The van der Waals surface area contributed by atoms with Crippen molar-refractivity contribution in [3.05, 3.63) is 36.5 Å². The van der Waals surface area contributed by atoms with Crippen molar-refractivity contribution in [3.8, 4) is 0 Å². The monoisotopic (exact) mass is 1080 g/mol. The molecular formula is C71H135NO5. The van der Waals surface area contributed by atoms with Gasteiger partial charge in [-0.1, -0.05) is 339 Å². The summed E-state index contributed by atoms with van der Waals surface area (Å²) in [6.45, 7) is 4.93. The molecule has 454 valence electrons. The van der Waals surface area contributed by atoms with E-state index in [4.69, 9.17) is 4.74 Å². The van der Waals surface area contributed by atoms with Gasteiger partial charge in [0.2, 0.25) is 5.91 Å². The lowest BCUT2D eigenvalue weighted by molar-refractivity contribution is -0.143. The Bertz CT molecular complexity index is 1250. The number of unbranched alkanes of at least 4 members (excludes halogenated alkanes) is 50. The molecular weight excluding hydrogens is 947 g/mol. The van der Waals surface area contributed by atoms with Gasteiger partial charge in [-0.15, -0.1) is 0 Å². The molecule has 6 nitrogen and oxygen atoms in total. The molecule has 0 fully saturated rings. The van der Waals surface area contributed by atoms with E-state index in [0.29, 0.717) is 19.4 Å². The maximum absolute atomic E-state index is 12.5. The van der Waals surface area contributed by atoms with Crippen LogP contribution in [0.4, 0.5) is 0 Å². The van der Waals surface area contributed by atoms with Crippen molar-refractivity contribution in [1.82, 2.24) is 5.32 Å². The lowest BCUT2D eigenvalue weighted by atomic mass is 10.0. The molecule has 3 N–H and O–H groups in total. The lowest BCUT2D eigenvalue weighted by Gasteiger charge is -2.20. The summed E-state index contributed by atoms with van der Waals surface area (Å²) in [6.07, 6.45) is 85.0. The van der Waals surface area contributed by atoms with Gasteiger partial charge in [-0.25, -0.2) is 0 Å². The molecule has 1 amide bonds. The Morgan fingerprint density at radius 3 is 0.987 bits per heavy atom. The summed E-state index contributed by atoms with van der Waals surface area (Å²) >= 11 is 0. The molecule has 77 heavy (non-hydrogen) atoms. The number of hydrogen-bond donors (Lipinski definition) is 3. The minimum atomic E-state index is -0.849. The number of carbonyl (C=O) groups is 2. The number of hydrogen-bond acceptors (Lipinski definition) is 5. The third-order valence-corrected chi connectivity index (χ3v) is 16.2. The molecule has 0 radical (unpaired) electrons. The van der Waals surface area contributed by atoms with E-state index in [9.17, 15) is 19.8 Å². The molecule has 2 unspecified atom stereocenters. The van der Waals surface area contributed by atoms with Crippen LogP contribution in [0.1, 0.15) is 380 Å². The Balaban J connectivity index is 3.43. The lowest BCUT2D eigenvalue weighted by Crippen LogP contribution is -2.45. The van der Waals surface area contributed by atoms with Crippen LogP contribution in [-0.4, -0.2) is 47.4 Å². The van der Waals surface area contributed by atoms with Crippen LogP contribution in [-0.2, 0) is 14.3 Å². The van der Waals surface area contributed by atoms with Crippen LogP contribution in [0.3, 0.4) is 0 Å². The largest absolute Gasteiger partial charge is 0.466 e. The Morgan fingerprint density at radius 2 is 0.649 bits per heavy atom. The number of carbonyl (C=O) groups excluding carboxylic acids is 2. The predicted molar refractivity (Wildman–Crippen MR) is 338 cm³/mol. The van der Waals surface area contributed by atoms with E-state index in [-0.39, 0.29) is 18.5 Å². The summed E-state index contributed by atoms with van der Waals surface area (Å²) in [6, 6.07) is -0.633. The molecule has 0 heterocycles. The molecule has 0 aromatic carbocycles. The van der Waals surface area contributed by atoms with Crippen molar-refractivity contribution in [2.45, 2.75) is 392 Å². The molecule has 0 aliphatic carbocycles. The number of allylic oxidation sites excluding steroid dienone is 5. The highest BCUT2D eigenvalue weighted by molar-refractivity contribution is 5.76.